The Kier molecular flexibility index (Phi) is 5.55. The Hall–Kier alpha value is -1.30. The van der Waals surface area contributed by atoms with Crippen LogP contribution < -0.4 is 0 Å². The summed E-state index contributed by atoms with van der Waals surface area (Å²) in [7, 11) is 0. The van der Waals surface area contributed by atoms with Crippen LogP contribution in [0.1, 0.15) is 59.3 Å². The Morgan fingerprint density at radius 3 is 2.04 bits per heavy atom. The molecule has 0 aromatic rings. The largest absolute Gasteiger partial charge is 0.481 e. The van der Waals surface area contributed by atoms with Gasteiger partial charge in [0, 0.05) is 13.1 Å². The zero-order chi connectivity index (χ0) is 17.1. The van der Waals surface area contributed by atoms with Gasteiger partial charge in [-0.3, -0.25) is 9.69 Å². The van der Waals surface area contributed by atoms with Gasteiger partial charge in [-0.15, -0.1) is 0 Å². The Morgan fingerprint density at radius 1 is 1.04 bits per heavy atom. The van der Waals surface area contributed by atoms with Gasteiger partial charge in [0.15, 0.2) is 0 Å². The minimum Gasteiger partial charge on any atom is -0.481 e. The van der Waals surface area contributed by atoms with E-state index >= 15 is 0 Å². The average Bonchev–Trinajstić information content (AvgIpc) is 2.30. The molecule has 132 valence electrons. The smallest absolute Gasteiger partial charge is 0.410 e. The number of ether oxygens (including phenoxy) is 1. The number of aliphatic carboxylic acids is 1. The molecule has 0 radical (unpaired) electrons. The van der Waals surface area contributed by atoms with Crippen LogP contribution in [0.4, 0.5) is 4.79 Å². The number of carbonyl (C=O) groups is 2. The lowest BCUT2D eigenvalue weighted by molar-refractivity contribution is -0.146. The van der Waals surface area contributed by atoms with E-state index in [0.717, 1.165) is 25.9 Å². The van der Waals surface area contributed by atoms with E-state index in [1.54, 1.807) is 4.90 Å². The highest BCUT2D eigenvalue weighted by molar-refractivity contribution is 5.73. The molecule has 2 rings (SSSR count). The molecule has 2 heterocycles. The van der Waals surface area contributed by atoms with Crippen LogP contribution in [0.15, 0.2) is 0 Å². The molecule has 1 amide bonds. The summed E-state index contributed by atoms with van der Waals surface area (Å²) < 4.78 is 5.39. The van der Waals surface area contributed by atoms with E-state index in [2.05, 4.69) is 4.90 Å². The van der Waals surface area contributed by atoms with Gasteiger partial charge in [0.1, 0.15) is 5.60 Å². The Bertz CT molecular complexity index is 430. The van der Waals surface area contributed by atoms with Crippen molar-refractivity contribution < 1.29 is 19.4 Å². The van der Waals surface area contributed by atoms with Crippen molar-refractivity contribution >= 4 is 12.1 Å². The summed E-state index contributed by atoms with van der Waals surface area (Å²) in [5.41, 5.74) is -0.942. The third kappa shape index (κ3) is 4.83. The number of nitrogens with zero attached hydrogens (tertiary/aromatic N) is 2. The highest BCUT2D eigenvalue weighted by Gasteiger charge is 2.51. The summed E-state index contributed by atoms with van der Waals surface area (Å²) >= 11 is 0. The van der Waals surface area contributed by atoms with Gasteiger partial charge in [-0.1, -0.05) is 19.3 Å². The Labute approximate surface area is 138 Å². The zero-order valence-electron chi connectivity index (χ0n) is 14.6. The topological polar surface area (TPSA) is 70.1 Å². The molecule has 0 atom stereocenters. The second-order valence-electron chi connectivity index (χ2n) is 7.89. The fourth-order valence-electron chi connectivity index (χ4n) is 3.55. The average molecular weight is 326 g/mol. The van der Waals surface area contributed by atoms with Gasteiger partial charge < -0.3 is 14.7 Å². The van der Waals surface area contributed by atoms with Crippen molar-refractivity contribution in [3.05, 3.63) is 0 Å². The van der Waals surface area contributed by atoms with Crippen LogP contribution in [-0.2, 0) is 9.53 Å². The highest BCUT2D eigenvalue weighted by atomic mass is 16.6. The van der Waals surface area contributed by atoms with Crippen LogP contribution in [0.25, 0.3) is 0 Å². The number of carbonyl (C=O) groups excluding carboxylic acids is 1. The molecule has 6 heteroatoms. The summed E-state index contributed by atoms with van der Waals surface area (Å²) in [6.45, 7) is 8.28. The van der Waals surface area contributed by atoms with E-state index in [1.165, 1.54) is 19.3 Å². The first-order chi connectivity index (χ1) is 10.7. The normalized spacial score (nSPS) is 22.7. The Morgan fingerprint density at radius 2 is 1.57 bits per heavy atom. The van der Waals surface area contributed by atoms with E-state index in [4.69, 9.17) is 4.74 Å². The van der Waals surface area contributed by atoms with E-state index in [1.807, 2.05) is 20.8 Å². The van der Waals surface area contributed by atoms with E-state index in [0.29, 0.717) is 13.1 Å². The second-order valence-corrected chi connectivity index (χ2v) is 7.89. The molecule has 0 saturated carbocycles. The summed E-state index contributed by atoms with van der Waals surface area (Å²) in [4.78, 5) is 27.4. The number of amides is 1. The van der Waals surface area contributed by atoms with Crippen molar-refractivity contribution in [2.45, 2.75) is 70.4 Å². The number of carboxylic acids is 1. The van der Waals surface area contributed by atoms with Gasteiger partial charge in [-0.05, 0) is 46.7 Å². The van der Waals surface area contributed by atoms with Crippen molar-refractivity contribution in [1.29, 1.82) is 0 Å². The van der Waals surface area contributed by atoms with Crippen LogP contribution in [0.5, 0.6) is 0 Å². The molecule has 0 aromatic heterocycles. The van der Waals surface area contributed by atoms with Crippen LogP contribution >= 0.6 is 0 Å². The SMILES string of the molecule is CC(C)(C)OC(=O)N1CC(CC(=O)O)(N2CCCCCCC2)C1. The number of hydrogen-bond donors (Lipinski definition) is 1. The quantitative estimate of drug-likeness (QED) is 0.863. The molecule has 2 saturated heterocycles. The molecule has 0 aliphatic carbocycles. The maximum atomic E-state index is 12.2. The lowest BCUT2D eigenvalue weighted by Crippen LogP contribution is -2.72. The molecule has 0 aromatic carbocycles. The van der Waals surface area contributed by atoms with Gasteiger partial charge in [0.05, 0.1) is 12.0 Å². The first kappa shape index (κ1) is 18.0. The first-order valence-electron chi connectivity index (χ1n) is 8.67. The van der Waals surface area contributed by atoms with Crippen LogP contribution in [0.3, 0.4) is 0 Å². The van der Waals surface area contributed by atoms with Crippen molar-refractivity contribution in [2.24, 2.45) is 0 Å². The predicted octanol–water partition coefficient (Wildman–Crippen LogP) is 2.72. The minimum atomic E-state index is -0.795. The van der Waals surface area contributed by atoms with Crippen molar-refractivity contribution in [1.82, 2.24) is 9.80 Å². The Balaban J connectivity index is 2.01. The molecule has 0 spiro atoms. The highest BCUT2D eigenvalue weighted by Crippen LogP contribution is 2.34. The lowest BCUT2D eigenvalue weighted by Gasteiger charge is -2.55. The van der Waals surface area contributed by atoms with E-state index in [-0.39, 0.29) is 12.5 Å². The van der Waals surface area contributed by atoms with Gasteiger partial charge in [-0.2, -0.15) is 0 Å². The molecule has 2 aliphatic rings. The van der Waals surface area contributed by atoms with E-state index < -0.39 is 17.1 Å². The maximum absolute atomic E-state index is 12.2. The lowest BCUT2D eigenvalue weighted by atomic mass is 9.83. The molecule has 1 N–H and O–H groups in total. The summed E-state index contributed by atoms with van der Waals surface area (Å²) in [6, 6.07) is 0. The molecular formula is C17H30N2O4. The van der Waals surface area contributed by atoms with Crippen LogP contribution in [0, 0.1) is 0 Å². The maximum Gasteiger partial charge on any atom is 0.410 e. The number of hydrogen-bond acceptors (Lipinski definition) is 4. The number of carboxylic acid groups (broad SMARTS) is 1. The van der Waals surface area contributed by atoms with Crippen molar-refractivity contribution in [2.75, 3.05) is 26.2 Å². The predicted molar refractivity (Wildman–Crippen MR) is 87.4 cm³/mol. The second kappa shape index (κ2) is 7.07. The number of rotatable bonds is 3. The molecule has 2 fully saturated rings. The summed E-state index contributed by atoms with van der Waals surface area (Å²) in [6.07, 6.45) is 5.63. The summed E-state index contributed by atoms with van der Waals surface area (Å²) in [5.74, 6) is -0.795. The standard InChI is InChI=1S/C17H30N2O4/c1-16(2,3)23-15(22)18-12-17(13-18,11-14(20)21)19-9-7-5-4-6-8-10-19/h4-13H2,1-3H3,(H,20,21). The van der Waals surface area contributed by atoms with Crippen molar-refractivity contribution in [3.8, 4) is 0 Å². The van der Waals surface area contributed by atoms with Gasteiger partial charge in [0.25, 0.3) is 0 Å². The van der Waals surface area contributed by atoms with E-state index in [9.17, 15) is 14.7 Å². The molecule has 6 nitrogen and oxygen atoms in total. The summed E-state index contributed by atoms with van der Waals surface area (Å²) in [5, 5.41) is 9.32. The molecule has 2 aliphatic heterocycles. The fraction of sp³-hybridized carbons (Fsp3) is 0.882. The van der Waals surface area contributed by atoms with Crippen LogP contribution in [0.2, 0.25) is 0 Å². The molecule has 23 heavy (non-hydrogen) atoms. The molecule has 0 unspecified atom stereocenters. The van der Waals surface area contributed by atoms with Gasteiger partial charge in [-0.25, -0.2) is 4.79 Å². The number of likely N-dealkylation sites (tertiary alicyclic amines) is 2. The van der Waals surface area contributed by atoms with Gasteiger partial charge >= 0.3 is 12.1 Å². The molecule has 0 bridgehead atoms. The zero-order valence-corrected chi connectivity index (χ0v) is 14.6. The minimum absolute atomic E-state index is 0.0896. The third-order valence-electron chi connectivity index (χ3n) is 4.63. The van der Waals surface area contributed by atoms with Crippen LogP contribution in [-0.4, -0.2) is 64.3 Å². The first-order valence-corrected chi connectivity index (χ1v) is 8.67. The fourth-order valence-corrected chi connectivity index (χ4v) is 3.55. The van der Waals surface area contributed by atoms with Gasteiger partial charge in [0.2, 0.25) is 0 Å². The monoisotopic (exact) mass is 326 g/mol. The van der Waals surface area contributed by atoms with Crippen molar-refractivity contribution in [3.63, 3.8) is 0 Å². The third-order valence-corrected chi connectivity index (χ3v) is 4.63. The molecular weight excluding hydrogens is 296 g/mol.